The molecular weight excluding hydrogens is 366 g/mol. The van der Waals surface area contributed by atoms with E-state index in [1.165, 1.54) is 17.0 Å². The van der Waals surface area contributed by atoms with Crippen LogP contribution in [0.3, 0.4) is 0 Å². The first kappa shape index (κ1) is 17.9. The lowest BCUT2D eigenvalue weighted by Gasteiger charge is -2.51. The standard InChI is InChI=1S/C20H21NO5S/c1-20-12-16(15-10-9-13(25-3)11-17(15)26-20)18(19(22)21(20)2)27(23,24)14-7-5-4-6-8-14/h4-11,16,18H,12H2,1-3H3/t16-,18-,20+/m1/s1. The molecule has 0 spiro atoms. The summed E-state index contributed by atoms with van der Waals surface area (Å²) in [5.41, 5.74) is -0.177. The number of piperidine rings is 1. The molecule has 0 saturated carbocycles. The van der Waals surface area contributed by atoms with Crippen LogP contribution in [0.25, 0.3) is 0 Å². The van der Waals surface area contributed by atoms with Gasteiger partial charge in [-0.25, -0.2) is 8.42 Å². The number of carbonyl (C=O) groups excluding carboxylic acids is 1. The quantitative estimate of drug-likeness (QED) is 0.809. The second-order valence-corrected chi connectivity index (χ2v) is 9.24. The fourth-order valence-corrected chi connectivity index (χ4v) is 5.94. The van der Waals surface area contributed by atoms with Crippen LogP contribution in [0.5, 0.6) is 11.5 Å². The molecule has 2 heterocycles. The van der Waals surface area contributed by atoms with Crippen molar-refractivity contribution < 1.29 is 22.7 Å². The van der Waals surface area contributed by atoms with Crippen LogP contribution in [0.4, 0.5) is 0 Å². The summed E-state index contributed by atoms with van der Waals surface area (Å²) in [6.45, 7) is 1.81. The van der Waals surface area contributed by atoms with Crippen molar-refractivity contribution in [3.8, 4) is 11.5 Å². The zero-order chi connectivity index (χ0) is 19.4. The van der Waals surface area contributed by atoms with Gasteiger partial charge in [-0.3, -0.25) is 4.79 Å². The Morgan fingerprint density at radius 2 is 1.89 bits per heavy atom. The highest BCUT2D eigenvalue weighted by Crippen LogP contribution is 2.50. The number of hydrogen-bond acceptors (Lipinski definition) is 5. The Hall–Kier alpha value is -2.54. The number of fused-ring (bicyclic) bond motifs is 4. The van der Waals surface area contributed by atoms with E-state index in [4.69, 9.17) is 9.47 Å². The predicted octanol–water partition coefficient (Wildman–Crippen LogP) is 2.59. The van der Waals surface area contributed by atoms with Gasteiger partial charge >= 0.3 is 0 Å². The summed E-state index contributed by atoms with van der Waals surface area (Å²) in [7, 11) is -0.703. The third-order valence-corrected chi connectivity index (χ3v) is 7.73. The van der Waals surface area contributed by atoms with Crippen molar-refractivity contribution in [2.24, 2.45) is 0 Å². The maximum atomic E-state index is 13.4. The van der Waals surface area contributed by atoms with Crippen molar-refractivity contribution in [2.75, 3.05) is 14.2 Å². The summed E-state index contributed by atoms with van der Waals surface area (Å²) in [5, 5.41) is -1.19. The van der Waals surface area contributed by atoms with E-state index in [1.54, 1.807) is 50.6 Å². The van der Waals surface area contributed by atoms with Gasteiger partial charge in [-0.1, -0.05) is 24.3 Å². The van der Waals surface area contributed by atoms with Crippen LogP contribution in [0.1, 0.15) is 24.8 Å². The number of hydrogen-bond donors (Lipinski definition) is 0. The minimum atomic E-state index is -3.86. The average molecular weight is 387 g/mol. The Morgan fingerprint density at radius 3 is 2.56 bits per heavy atom. The number of likely N-dealkylation sites (tertiary alicyclic amines) is 1. The van der Waals surface area contributed by atoms with Crippen molar-refractivity contribution in [3.05, 3.63) is 54.1 Å². The molecule has 4 rings (SSSR count). The van der Waals surface area contributed by atoms with Crippen molar-refractivity contribution >= 4 is 15.7 Å². The molecule has 7 heteroatoms. The molecule has 3 atom stereocenters. The highest BCUT2D eigenvalue weighted by atomic mass is 32.2. The summed E-state index contributed by atoms with van der Waals surface area (Å²) in [6, 6.07) is 13.4. The molecule has 0 aromatic heterocycles. The Labute approximate surface area is 158 Å². The van der Waals surface area contributed by atoms with E-state index in [2.05, 4.69) is 0 Å². The number of benzene rings is 2. The molecule has 2 aliphatic heterocycles. The molecule has 2 bridgehead atoms. The molecule has 1 fully saturated rings. The molecular formula is C20H21NO5S. The van der Waals surface area contributed by atoms with Gasteiger partial charge in [0.2, 0.25) is 5.91 Å². The molecule has 27 heavy (non-hydrogen) atoms. The van der Waals surface area contributed by atoms with Gasteiger partial charge in [0.1, 0.15) is 11.5 Å². The highest BCUT2D eigenvalue weighted by molar-refractivity contribution is 7.92. The van der Waals surface area contributed by atoms with Gasteiger partial charge in [-0.05, 0) is 30.7 Å². The molecule has 2 aromatic carbocycles. The first-order valence-corrected chi connectivity index (χ1v) is 10.3. The molecule has 2 aromatic rings. The largest absolute Gasteiger partial charge is 0.497 e. The Kier molecular flexibility index (Phi) is 3.96. The summed E-state index contributed by atoms with van der Waals surface area (Å²) < 4.78 is 38.1. The minimum Gasteiger partial charge on any atom is -0.497 e. The van der Waals surface area contributed by atoms with Crippen molar-refractivity contribution in [1.82, 2.24) is 4.90 Å². The Bertz CT molecular complexity index is 1000. The number of amides is 1. The third kappa shape index (κ3) is 2.60. The number of ether oxygens (including phenoxy) is 2. The molecule has 0 N–H and O–H groups in total. The van der Waals surface area contributed by atoms with Gasteiger partial charge in [0.15, 0.2) is 20.8 Å². The smallest absolute Gasteiger partial charge is 0.244 e. The number of nitrogens with zero attached hydrogens (tertiary/aromatic N) is 1. The number of methoxy groups -OCH3 is 1. The molecule has 6 nitrogen and oxygen atoms in total. The van der Waals surface area contributed by atoms with Gasteiger partial charge in [0, 0.05) is 25.5 Å². The molecule has 1 amide bonds. The number of rotatable bonds is 3. The second-order valence-electron chi connectivity index (χ2n) is 7.17. The summed E-state index contributed by atoms with van der Waals surface area (Å²) in [4.78, 5) is 14.7. The van der Waals surface area contributed by atoms with Crippen molar-refractivity contribution in [3.63, 3.8) is 0 Å². The minimum absolute atomic E-state index is 0.155. The van der Waals surface area contributed by atoms with Crippen LogP contribution in [-0.2, 0) is 14.6 Å². The molecule has 0 aliphatic carbocycles. The zero-order valence-electron chi connectivity index (χ0n) is 15.4. The van der Waals surface area contributed by atoms with Crippen LogP contribution in [0.15, 0.2) is 53.4 Å². The second kappa shape index (κ2) is 5.99. The lowest BCUT2D eigenvalue weighted by atomic mass is 9.80. The summed E-state index contributed by atoms with van der Waals surface area (Å²) in [6.07, 6.45) is 0.408. The fraction of sp³-hybridized carbons (Fsp3) is 0.350. The lowest BCUT2D eigenvalue weighted by molar-refractivity contribution is -0.159. The molecule has 1 saturated heterocycles. The number of carbonyl (C=O) groups is 1. The van der Waals surface area contributed by atoms with Crippen LogP contribution >= 0.6 is 0 Å². The van der Waals surface area contributed by atoms with Gasteiger partial charge in [0.05, 0.1) is 12.0 Å². The Balaban J connectivity index is 1.89. The molecule has 0 unspecified atom stereocenters. The van der Waals surface area contributed by atoms with Crippen LogP contribution in [0.2, 0.25) is 0 Å². The van der Waals surface area contributed by atoms with E-state index in [0.29, 0.717) is 17.9 Å². The van der Waals surface area contributed by atoms with E-state index in [9.17, 15) is 13.2 Å². The van der Waals surface area contributed by atoms with Gasteiger partial charge in [-0.15, -0.1) is 0 Å². The van der Waals surface area contributed by atoms with Gasteiger partial charge in [-0.2, -0.15) is 0 Å². The number of sulfone groups is 1. The molecule has 0 radical (unpaired) electrons. The monoisotopic (exact) mass is 387 g/mol. The van der Waals surface area contributed by atoms with E-state index in [-0.39, 0.29) is 4.90 Å². The van der Waals surface area contributed by atoms with Gasteiger partial charge < -0.3 is 14.4 Å². The summed E-state index contributed by atoms with van der Waals surface area (Å²) >= 11 is 0. The van der Waals surface area contributed by atoms with Crippen LogP contribution < -0.4 is 9.47 Å². The maximum absolute atomic E-state index is 13.4. The van der Waals surface area contributed by atoms with Crippen molar-refractivity contribution in [2.45, 2.75) is 35.1 Å². The van der Waals surface area contributed by atoms with Crippen LogP contribution in [-0.4, -0.2) is 44.4 Å². The normalized spacial score (nSPS) is 26.9. The van der Waals surface area contributed by atoms with E-state index >= 15 is 0 Å². The first-order valence-electron chi connectivity index (χ1n) is 8.71. The topological polar surface area (TPSA) is 72.9 Å². The highest BCUT2D eigenvalue weighted by Gasteiger charge is 2.57. The van der Waals surface area contributed by atoms with E-state index in [0.717, 1.165) is 5.56 Å². The maximum Gasteiger partial charge on any atom is 0.244 e. The Morgan fingerprint density at radius 1 is 1.19 bits per heavy atom. The first-order chi connectivity index (χ1) is 12.8. The zero-order valence-corrected chi connectivity index (χ0v) is 16.2. The van der Waals surface area contributed by atoms with Gasteiger partial charge in [0.25, 0.3) is 0 Å². The van der Waals surface area contributed by atoms with Crippen LogP contribution in [0, 0.1) is 0 Å². The molecule has 142 valence electrons. The fourth-order valence-electron chi connectivity index (χ4n) is 4.01. The SMILES string of the molecule is COc1ccc2c(c1)O[C@@]1(C)C[C@H]2[C@@H](S(=O)(=O)c2ccccc2)C(=O)N1C. The molecule has 2 aliphatic rings. The predicted molar refractivity (Wildman–Crippen MR) is 99.6 cm³/mol. The van der Waals surface area contributed by atoms with E-state index < -0.39 is 32.6 Å². The third-order valence-electron chi connectivity index (χ3n) is 5.60. The van der Waals surface area contributed by atoms with E-state index in [1.807, 2.05) is 6.92 Å². The van der Waals surface area contributed by atoms with Crippen molar-refractivity contribution in [1.29, 1.82) is 0 Å². The average Bonchev–Trinajstić information content (AvgIpc) is 2.66. The summed E-state index contributed by atoms with van der Waals surface area (Å²) in [5.74, 6) is 0.243. The lowest BCUT2D eigenvalue weighted by Crippen LogP contribution is -2.64.